The number of aliphatic hydroxyl groups is 1. The first-order valence-corrected chi connectivity index (χ1v) is 16.4. The van der Waals surface area contributed by atoms with E-state index in [1.165, 1.54) is 51.4 Å². The van der Waals surface area contributed by atoms with Crippen LogP contribution in [0.3, 0.4) is 0 Å². The van der Waals surface area contributed by atoms with Gasteiger partial charge in [0, 0.05) is 19.6 Å². The Morgan fingerprint density at radius 2 is 1.79 bits per heavy atom. The maximum Gasteiger partial charge on any atom is 0.407 e. The molecule has 0 aromatic rings. The van der Waals surface area contributed by atoms with E-state index in [0.29, 0.717) is 17.4 Å². The molecule has 1 amide bonds. The molecule has 4 nitrogen and oxygen atoms in total. The van der Waals surface area contributed by atoms with Gasteiger partial charge in [-0.1, -0.05) is 78.4 Å². The fourth-order valence-electron chi connectivity index (χ4n) is 9.73. The van der Waals surface area contributed by atoms with Crippen molar-refractivity contribution in [2.45, 2.75) is 137 Å². The zero-order valence-electron chi connectivity index (χ0n) is 25.4. The highest BCUT2D eigenvalue weighted by Gasteiger charge is 2.59. The van der Waals surface area contributed by atoms with E-state index < -0.39 is 0 Å². The maximum atomic E-state index is 12.4. The van der Waals surface area contributed by atoms with Crippen LogP contribution in [-0.4, -0.2) is 30.5 Å². The second-order valence-electron chi connectivity index (χ2n) is 14.6. The van der Waals surface area contributed by atoms with Crippen LogP contribution in [-0.2, 0) is 4.74 Å². The first-order valence-electron chi connectivity index (χ1n) is 16.4. The topological polar surface area (TPSA) is 58.6 Å². The Hall–Kier alpha value is -1.03. The normalized spacial score (nSPS) is 37.1. The Kier molecular flexibility index (Phi) is 10.3. The van der Waals surface area contributed by atoms with Crippen molar-refractivity contribution in [3.05, 3.63) is 11.6 Å². The van der Waals surface area contributed by atoms with Crippen molar-refractivity contribution in [3.63, 3.8) is 0 Å². The van der Waals surface area contributed by atoms with Crippen molar-refractivity contribution in [3.8, 4) is 0 Å². The number of unbranched alkanes of at least 4 members (excludes halogenated alkanes) is 3. The molecular formula is C34H59NO3. The summed E-state index contributed by atoms with van der Waals surface area (Å²) < 4.78 is 5.89. The molecule has 218 valence electrons. The van der Waals surface area contributed by atoms with Gasteiger partial charge in [-0.15, -0.1) is 0 Å². The monoisotopic (exact) mass is 529 g/mol. The number of hydrogen-bond acceptors (Lipinski definition) is 3. The van der Waals surface area contributed by atoms with Crippen LogP contribution < -0.4 is 5.32 Å². The van der Waals surface area contributed by atoms with E-state index >= 15 is 0 Å². The van der Waals surface area contributed by atoms with Gasteiger partial charge in [-0.2, -0.15) is 0 Å². The second kappa shape index (κ2) is 13.1. The molecule has 38 heavy (non-hydrogen) atoms. The lowest BCUT2D eigenvalue weighted by molar-refractivity contribution is -0.0581. The van der Waals surface area contributed by atoms with Gasteiger partial charge in [0.15, 0.2) is 0 Å². The van der Waals surface area contributed by atoms with Crippen molar-refractivity contribution in [1.82, 2.24) is 5.32 Å². The van der Waals surface area contributed by atoms with Crippen molar-refractivity contribution in [2.24, 2.45) is 46.3 Å². The molecule has 4 heteroatoms. The molecule has 4 aliphatic carbocycles. The summed E-state index contributed by atoms with van der Waals surface area (Å²) in [5.41, 5.74) is 2.43. The SMILES string of the molecule is CC(C)CCC[C@@H](C)C1CCC2C3CC=C4C[C@@H](OC(=O)NCCCCCCO)CC[C@]4(C)C3CC[C@@]21C. The summed E-state index contributed by atoms with van der Waals surface area (Å²) in [5.74, 6) is 5.16. The number of alkyl carbamates (subject to hydrolysis) is 1. The van der Waals surface area contributed by atoms with Crippen LogP contribution in [0.5, 0.6) is 0 Å². The summed E-state index contributed by atoms with van der Waals surface area (Å²) in [6, 6.07) is 0. The number of carbonyl (C=O) groups is 1. The predicted octanol–water partition coefficient (Wildman–Crippen LogP) is 8.68. The molecule has 3 fully saturated rings. The average molecular weight is 530 g/mol. The van der Waals surface area contributed by atoms with Gasteiger partial charge in [0.25, 0.3) is 0 Å². The van der Waals surface area contributed by atoms with Gasteiger partial charge in [0.1, 0.15) is 6.10 Å². The van der Waals surface area contributed by atoms with Crippen molar-refractivity contribution in [2.75, 3.05) is 13.2 Å². The molecule has 0 radical (unpaired) electrons. The molecule has 4 unspecified atom stereocenters. The van der Waals surface area contributed by atoms with Crippen molar-refractivity contribution < 1.29 is 14.6 Å². The van der Waals surface area contributed by atoms with Gasteiger partial charge in [-0.25, -0.2) is 4.79 Å². The molecule has 4 rings (SSSR count). The minimum Gasteiger partial charge on any atom is -0.446 e. The second-order valence-corrected chi connectivity index (χ2v) is 14.6. The molecule has 0 heterocycles. The fourth-order valence-corrected chi connectivity index (χ4v) is 9.73. The first kappa shape index (κ1) is 29.9. The van der Waals surface area contributed by atoms with Crippen LogP contribution in [0.15, 0.2) is 11.6 Å². The van der Waals surface area contributed by atoms with E-state index in [2.05, 4.69) is 46.0 Å². The third-order valence-corrected chi connectivity index (χ3v) is 11.9. The third kappa shape index (κ3) is 6.47. The standard InChI is InChI=1S/C34H59NO3/c1-24(2)11-10-12-25(3)29-15-16-30-28-14-13-26-23-27(38-32(37)35-21-8-6-7-9-22-36)17-19-33(26,4)31(28)18-20-34(29,30)5/h13,24-25,27-31,36H,6-12,14-23H2,1-5H3,(H,35,37)/t25-,27+,28?,29?,30?,31?,33+,34-/m1/s1. The number of rotatable bonds is 12. The number of ether oxygens (including phenoxy) is 1. The fraction of sp³-hybridized carbons (Fsp3) is 0.912. The van der Waals surface area contributed by atoms with E-state index in [4.69, 9.17) is 9.84 Å². The third-order valence-electron chi connectivity index (χ3n) is 11.9. The molecule has 0 aromatic heterocycles. The van der Waals surface area contributed by atoms with Crippen LogP contribution in [0.4, 0.5) is 4.79 Å². The Bertz CT molecular complexity index is 808. The Labute approximate surface area is 234 Å². The number of carbonyl (C=O) groups excluding carboxylic acids is 1. The number of fused-ring (bicyclic) bond motifs is 5. The molecule has 8 atom stereocenters. The molecule has 2 N–H and O–H groups in total. The smallest absolute Gasteiger partial charge is 0.407 e. The van der Waals surface area contributed by atoms with Crippen LogP contribution in [0.1, 0.15) is 131 Å². The lowest BCUT2D eigenvalue weighted by atomic mass is 9.47. The molecule has 0 aliphatic heterocycles. The van der Waals surface area contributed by atoms with Crippen LogP contribution in [0, 0.1) is 46.3 Å². The Morgan fingerprint density at radius 1 is 1.00 bits per heavy atom. The highest BCUT2D eigenvalue weighted by Crippen LogP contribution is 2.67. The minimum absolute atomic E-state index is 0.0247. The number of allylic oxidation sites excluding steroid dienone is 1. The zero-order chi connectivity index (χ0) is 27.3. The Morgan fingerprint density at radius 3 is 2.55 bits per heavy atom. The predicted molar refractivity (Wildman–Crippen MR) is 157 cm³/mol. The van der Waals surface area contributed by atoms with Crippen molar-refractivity contribution in [1.29, 1.82) is 0 Å². The van der Waals surface area contributed by atoms with Crippen LogP contribution in [0.25, 0.3) is 0 Å². The van der Waals surface area contributed by atoms with E-state index in [-0.39, 0.29) is 18.8 Å². The maximum absolute atomic E-state index is 12.4. The summed E-state index contributed by atoms with van der Waals surface area (Å²) in [7, 11) is 0. The lowest BCUT2D eigenvalue weighted by Gasteiger charge is -2.58. The van der Waals surface area contributed by atoms with E-state index in [9.17, 15) is 4.79 Å². The number of aliphatic hydroxyl groups excluding tert-OH is 1. The largest absolute Gasteiger partial charge is 0.446 e. The molecule has 0 spiro atoms. The van der Waals surface area contributed by atoms with Crippen LogP contribution in [0.2, 0.25) is 0 Å². The van der Waals surface area contributed by atoms with Gasteiger partial charge < -0.3 is 15.2 Å². The van der Waals surface area contributed by atoms with Gasteiger partial charge >= 0.3 is 6.09 Å². The number of hydrogen-bond donors (Lipinski definition) is 2. The average Bonchev–Trinajstić information content (AvgIpc) is 3.23. The molecule has 4 aliphatic rings. The van der Waals surface area contributed by atoms with Gasteiger partial charge in [0.2, 0.25) is 0 Å². The highest BCUT2D eigenvalue weighted by molar-refractivity contribution is 5.67. The quantitative estimate of drug-likeness (QED) is 0.196. The highest BCUT2D eigenvalue weighted by atomic mass is 16.6. The number of amides is 1. The van der Waals surface area contributed by atoms with E-state index in [0.717, 1.165) is 80.5 Å². The Balaban J connectivity index is 1.31. The first-order chi connectivity index (χ1) is 18.2. The summed E-state index contributed by atoms with van der Waals surface area (Å²) in [6.07, 6.45) is 20.5. The molecule has 3 saturated carbocycles. The van der Waals surface area contributed by atoms with E-state index in [1.807, 2.05) is 0 Å². The minimum atomic E-state index is -0.247. The van der Waals surface area contributed by atoms with Gasteiger partial charge in [-0.05, 0) is 104 Å². The molecule has 0 saturated heterocycles. The van der Waals surface area contributed by atoms with E-state index in [1.54, 1.807) is 5.57 Å². The molecular weight excluding hydrogens is 470 g/mol. The molecule has 0 aromatic carbocycles. The lowest BCUT2D eigenvalue weighted by Crippen LogP contribution is -2.51. The van der Waals surface area contributed by atoms with Gasteiger partial charge in [0.05, 0.1) is 0 Å². The summed E-state index contributed by atoms with van der Waals surface area (Å²) in [6.45, 7) is 13.5. The zero-order valence-corrected chi connectivity index (χ0v) is 25.4. The van der Waals surface area contributed by atoms with Crippen molar-refractivity contribution >= 4 is 6.09 Å². The van der Waals surface area contributed by atoms with Gasteiger partial charge in [-0.3, -0.25) is 0 Å². The molecule has 0 bridgehead atoms. The summed E-state index contributed by atoms with van der Waals surface area (Å²) in [5, 5.41) is 11.8. The number of nitrogens with one attached hydrogen (secondary N) is 1. The summed E-state index contributed by atoms with van der Waals surface area (Å²) >= 11 is 0. The van der Waals surface area contributed by atoms with Crippen LogP contribution >= 0.6 is 0 Å². The summed E-state index contributed by atoms with van der Waals surface area (Å²) in [4.78, 5) is 12.4.